The number of carbonyl (C=O) groups excluding carboxylic acids is 1. The molecule has 0 spiro atoms. The van der Waals surface area contributed by atoms with Gasteiger partial charge < -0.3 is 19.6 Å². The van der Waals surface area contributed by atoms with Gasteiger partial charge in [-0.2, -0.15) is 0 Å². The van der Waals surface area contributed by atoms with E-state index in [0.29, 0.717) is 31.8 Å². The Labute approximate surface area is 129 Å². The predicted octanol–water partition coefficient (Wildman–Crippen LogP) is 2.46. The Balaban J connectivity index is 1.71. The third-order valence-corrected chi connectivity index (χ3v) is 3.21. The van der Waals surface area contributed by atoms with Crippen LogP contribution in [0, 0.1) is 0 Å². The molecule has 0 aliphatic rings. The summed E-state index contributed by atoms with van der Waals surface area (Å²) in [4.78, 5) is 11.8. The van der Waals surface area contributed by atoms with E-state index in [1.807, 2.05) is 31.2 Å². The summed E-state index contributed by atoms with van der Waals surface area (Å²) in [6.45, 7) is 2.95. The van der Waals surface area contributed by atoms with Crippen molar-refractivity contribution in [3.63, 3.8) is 0 Å². The molecule has 2 rings (SSSR count). The molecular weight excluding hydrogens is 282 g/mol. The fourth-order valence-electron chi connectivity index (χ4n) is 2.09. The molecule has 1 heterocycles. The Morgan fingerprint density at radius 3 is 2.73 bits per heavy atom. The standard InChI is InChI=1S/C17H21NO4/c1-2-21-14-7-5-13(6-8-14)12-17(20)18-10-9-15(19)16-4-3-11-22-16/h3-8,11,15,19H,2,9-10,12H2,1H3,(H,18,20). The third kappa shape index (κ3) is 4.93. The van der Waals surface area contributed by atoms with Crippen LogP contribution in [0.5, 0.6) is 5.75 Å². The zero-order valence-electron chi connectivity index (χ0n) is 12.6. The number of nitrogens with one attached hydrogen (secondary N) is 1. The molecular formula is C17H21NO4. The molecule has 0 saturated carbocycles. The molecule has 1 unspecified atom stereocenters. The lowest BCUT2D eigenvalue weighted by atomic mass is 10.1. The number of ether oxygens (including phenoxy) is 1. The lowest BCUT2D eigenvalue weighted by Gasteiger charge is -2.09. The summed E-state index contributed by atoms with van der Waals surface area (Å²) in [5, 5.41) is 12.6. The third-order valence-electron chi connectivity index (χ3n) is 3.21. The van der Waals surface area contributed by atoms with Gasteiger partial charge in [-0.25, -0.2) is 0 Å². The van der Waals surface area contributed by atoms with E-state index in [9.17, 15) is 9.90 Å². The smallest absolute Gasteiger partial charge is 0.224 e. The van der Waals surface area contributed by atoms with Gasteiger partial charge in [-0.1, -0.05) is 12.1 Å². The molecule has 0 bridgehead atoms. The van der Waals surface area contributed by atoms with Crippen molar-refractivity contribution >= 4 is 5.91 Å². The fourth-order valence-corrected chi connectivity index (χ4v) is 2.09. The Morgan fingerprint density at radius 1 is 1.32 bits per heavy atom. The van der Waals surface area contributed by atoms with Crippen LogP contribution in [-0.2, 0) is 11.2 Å². The fraction of sp³-hybridized carbons (Fsp3) is 0.353. The van der Waals surface area contributed by atoms with Crippen LogP contribution in [0.15, 0.2) is 47.1 Å². The van der Waals surface area contributed by atoms with E-state index in [1.54, 1.807) is 12.1 Å². The number of carbonyl (C=O) groups is 1. The van der Waals surface area contributed by atoms with E-state index in [0.717, 1.165) is 11.3 Å². The van der Waals surface area contributed by atoms with E-state index >= 15 is 0 Å². The van der Waals surface area contributed by atoms with Crippen LogP contribution in [0.3, 0.4) is 0 Å². The number of rotatable bonds is 8. The molecule has 0 aliphatic heterocycles. The van der Waals surface area contributed by atoms with Crippen molar-refractivity contribution in [2.24, 2.45) is 0 Å². The van der Waals surface area contributed by atoms with Crippen LogP contribution in [-0.4, -0.2) is 24.2 Å². The van der Waals surface area contributed by atoms with Crippen molar-refractivity contribution in [2.75, 3.05) is 13.2 Å². The maximum atomic E-state index is 11.8. The Kier molecular flexibility index (Phi) is 6.03. The summed E-state index contributed by atoms with van der Waals surface area (Å²) in [5.41, 5.74) is 0.924. The van der Waals surface area contributed by atoms with Crippen molar-refractivity contribution in [3.8, 4) is 5.75 Å². The topological polar surface area (TPSA) is 71.7 Å². The zero-order valence-corrected chi connectivity index (χ0v) is 12.6. The number of hydrogen-bond donors (Lipinski definition) is 2. The van der Waals surface area contributed by atoms with Crippen LogP contribution in [0.1, 0.15) is 30.8 Å². The van der Waals surface area contributed by atoms with E-state index in [2.05, 4.69) is 5.32 Å². The van der Waals surface area contributed by atoms with Crippen LogP contribution in [0.2, 0.25) is 0 Å². The average molecular weight is 303 g/mol. The van der Waals surface area contributed by atoms with Gasteiger partial charge in [-0.05, 0) is 43.2 Å². The van der Waals surface area contributed by atoms with E-state index < -0.39 is 6.10 Å². The quantitative estimate of drug-likeness (QED) is 0.786. The van der Waals surface area contributed by atoms with Gasteiger partial charge in [0.2, 0.25) is 5.91 Å². The van der Waals surface area contributed by atoms with Crippen molar-refractivity contribution in [3.05, 3.63) is 54.0 Å². The Hall–Kier alpha value is -2.27. The summed E-state index contributed by atoms with van der Waals surface area (Å²) in [6, 6.07) is 10.9. The second-order valence-corrected chi connectivity index (χ2v) is 4.92. The van der Waals surface area contributed by atoms with Gasteiger partial charge in [0.05, 0.1) is 19.3 Å². The number of aliphatic hydroxyl groups is 1. The lowest BCUT2D eigenvalue weighted by Crippen LogP contribution is -2.27. The number of furan rings is 1. The van der Waals surface area contributed by atoms with Gasteiger partial charge in [0.1, 0.15) is 17.6 Å². The Morgan fingerprint density at radius 2 is 2.09 bits per heavy atom. The van der Waals surface area contributed by atoms with Crippen LogP contribution in [0.4, 0.5) is 0 Å². The molecule has 1 amide bonds. The van der Waals surface area contributed by atoms with Crippen molar-refractivity contribution in [2.45, 2.75) is 25.9 Å². The highest BCUT2D eigenvalue weighted by atomic mass is 16.5. The van der Waals surface area contributed by atoms with Gasteiger partial charge in [0.25, 0.3) is 0 Å². The number of benzene rings is 1. The summed E-state index contributed by atoms with van der Waals surface area (Å²) in [6.07, 6.45) is 1.55. The summed E-state index contributed by atoms with van der Waals surface area (Å²) in [7, 11) is 0. The molecule has 0 radical (unpaired) electrons. The van der Waals surface area contributed by atoms with Crippen LogP contribution < -0.4 is 10.1 Å². The maximum absolute atomic E-state index is 11.8. The molecule has 0 aliphatic carbocycles. The zero-order chi connectivity index (χ0) is 15.8. The lowest BCUT2D eigenvalue weighted by molar-refractivity contribution is -0.120. The second-order valence-electron chi connectivity index (χ2n) is 4.92. The SMILES string of the molecule is CCOc1ccc(CC(=O)NCCC(O)c2ccco2)cc1. The first-order valence-corrected chi connectivity index (χ1v) is 7.39. The van der Waals surface area contributed by atoms with Crippen molar-refractivity contribution in [1.82, 2.24) is 5.32 Å². The van der Waals surface area contributed by atoms with Crippen molar-refractivity contribution < 1.29 is 19.1 Å². The highest BCUT2D eigenvalue weighted by molar-refractivity contribution is 5.78. The molecule has 0 saturated heterocycles. The number of aliphatic hydroxyl groups excluding tert-OH is 1. The molecule has 2 aromatic rings. The molecule has 118 valence electrons. The molecule has 0 fully saturated rings. The van der Waals surface area contributed by atoms with Gasteiger partial charge in [-0.3, -0.25) is 4.79 Å². The average Bonchev–Trinajstić information content (AvgIpc) is 3.04. The molecule has 22 heavy (non-hydrogen) atoms. The van der Waals surface area contributed by atoms with Gasteiger partial charge >= 0.3 is 0 Å². The Bertz CT molecular complexity index is 563. The monoisotopic (exact) mass is 303 g/mol. The normalized spacial score (nSPS) is 11.9. The summed E-state index contributed by atoms with van der Waals surface area (Å²) >= 11 is 0. The first kappa shape index (κ1) is 16.1. The highest BCUT2D eigenvalue weighted by Crippen LogP contribution is 2.16. The number of amides is 1. The van der Waals surface area contributed by atoms with E-state index in [-0.39, 0.29) is 5.91 Å². The molecule has 1 aromatic heterocycles. The minimum atomic E-state index is -0.694. The molecule has 2 N–H and O–H groups in total. The molecule has 5 nitrogen and oxygen atoms in total. The summed E-state index contributed by atoms with van der Waals surface area (Å²) < 4.78 is 10.5. The van der Waals surface area contributed by atoms with Crippen LogP contribution >= 0.6 is 0 Å². The van der Waals surface area contributed by atoms with Gasteiger partial charge in [0, 0.05) is 6.54 Å². The molecule has 1 atom stereocenters. The molecule has 5 heteroatoms. The minimum Gasteiger partial charge on any atom is -0.494 e. The number of hydrogen-bond acceptors (Lipinski definition) is 4. The van der Waals surface area contributed by atoms with Crippen LogP contribution in [0.25, 0.3) is 0 Å². The van der Waals surface area contributed by atoms with Crippen molar-refractivity contribution in [1.29, 1.82) is 0 Å². The largest absolute Gasteiger partial charge is 0.494 e. The first-order valence-electron chi connectivity index (χ1n) is 7.39. The van der Waals surface area contributed by atoms with E-state index in [4.69, 9.17) is 9.15 Å². The first-order chi connectivity index (χ1) is 10.7. The highest BCUT2D eigenvalue weighted by Gasteiger charge is 2.10. The maximum Gasteiger partial charge on any atom is 0.224 e. The second kappa shape index (κ2) is 8.24. The molecule has 1 aromatic carbocycles. The predicted molar refractivity (Wildman–Crippen MR) is 82.6 cm³/mol. The van der Waals surface area contributed by atoms with E-state index in [1.165, 1.54) is 6.26 Å². The van der Waals surface area contributed by atoms with Gasteiger partial charge in [0.15, 0.2) is 0 Å². The minimum absolute atomic E-state index is 0.0733. The summed E-state index contributed by atoms with van der Waals surface area (Å²) in [5.74, 6) is 1.24. The van der Waals surface area contributed by atoms with Gasteiger partial charge in [-0.15, -0.1) is 0 Å².